The Morgan fingerprint density at radius 1 is 1.26 bits per heavy atom. The molecule has 100 valence electrons. The maximum Gasteiger partial charge on any atom is 0.0705 e. The van der Waals surface area contributed by atoms with Crippen LogP contribution in [0.1, 0.15) is 44.2 Å². The number of benzene rings is 1. The Morgan fingerprint density at radius 3 is 2.89 bits per heavy atom. The Balaban J connectivity index is 1.93. The van der Waals surface area contributed by atoms with Gasteiger partial charge in [0.2, 0.25) is 0 Å². The van der Waals surface area contributed by atoms with Gasteiger partial charge in [0.05, 0.1) is 5.52 Å². The number of nitrogens with one attached hydrogen (secondary N) is 1. The summed E-state index contributed by atoms with van der Waals surface area (Å²) in [5.74, 6) is 0.913. The maximum atomic E-state index is 4.47. The van der Waals surface area contributed by atoms with Crippen molar-refractivity contribution >= 4 is 10.9 Å². The highest BCUT2D eigenvalue weighted by molar-refractivity contribution is 5.82. The quantitative estimate of drug-likeness (QED) is 0.869. The second kappa shape index (κ2) is 5.70. The zero-order valence-corrected chi connectivity index (χ0v) is 11.6. The second-order valence-corrected chi connectivity index (χ2v) is 5.56. The van der Waals surface area contributed by atoms with Crippen LogP contribution < -0.4 is 5.32 Å². The number of rotatable bonds is 5. The number of aromatic nitrogens is 1. The van der Waals surface area contributed by atoms with E-state index in [0.29, 0.717) is 6.04 Å². The summed E-state index contributed by atoms with van der Waals surface area (Å²) in [4.78, 5) is 4.47. The van der Waals surface area contributed by atoms with Gasteiger partial charge in [-0.3, -0.25) is 4.98 Å². The molecule has 1 atom stereocenters. The molecule has 1 unspecified atom stereocenters. The predicted molar refractivity (Wildman–Crippen MR) is 80.1 cm³/mol. The number of nitrogens with zero attached hydrogens (tertiary/aromatic N) is 1. The van der Waals surface area contributed by atoms with Gasteiger partial charge in [0, 0.05) is 17.6 Å². The molecule has 1 heterocycles. The van der Waals surface area contributed by atoms with Crippen LogP contribution in [0.25, 0.3) is 10.9 Å². The Hall–Kier alpha value is -1.41. The van der Waals surface area contributed by atoms with E-state index >= 15 is 0 Å². The molecule has 0 amide bonds. The van der Waals surface area contributed by atoms with Crippen molar-refractivity contribution in [2.24, 2.45) is 5.92 Å². The van der Waals surface area contributed by atoms with Crippen molar-refractivity contribution in [3.05, 3.63) is 42.1 Å². The summed E-state index contributed by atoms with van der Waals surface area (Å²) in [6.45, 7) is 3.21. The molecule has 2 heteroatoms. The topological polar surface area (TPSA) is 24.9 Å². The first-order chi connectivity index (χ1) is 9.38. The third-order valence-corrected chi connectivity index (χ3v) is 4.30. The van der Waals surface area contributed by atoms with Crippen LogP contribution in [0.2, 0.25) is 0 Å². The fraction of sp³-hybridized carbons (Fsp3) is 0.471. The van der Waals surface area contributed by atoms with Gasteiger partial charge in [0.25, 0.3) is 0 Å². The SMILES string of the molecule is CCNC(CC1CCC1)c1cccc2ncccc12. The average Bonchev–Trinajstić information content (AvgIpc) is 2.41. The fourth-order valence-corrected chi connectivity index (χ4v) is 3.06. The van der Waals surface area contributed by atoms with Crippen molar-refractivity contribution in [3.8, 4) is 0 Å². The summed E-state index contributed by atoms with van der Waals surface area (Å²) in [7, 11) is 0. The Kier molecular flexibility index (Phi) is 3.79. The number of pyridine rings is 1. The van der Waals surface area contributed by atoms with Gasteiger partial charge in [-0.2, -0.15) is 0 Å². The van der Waals surface area contributed by atoms with Crippen LogP contribution in [-0.4, -0.2) is 11.5 Å². The molecule has 0 aliphatic heterocycles. The van der Waals surface area contributed by atoms with E-state index < -0.39 is 0 Å². The van der Waals surface area contributed by atoms with Crippen LogP contribution in [-0.2, 0) is 0 Å². The summed E-state index contributed by atoms with van der Waals surface area (Å²) in [6.07, 6.45) is 7.37. The summed E-state index contributed by atoms with van der Waals surface area (Å²) >= 11 is 0. The van der Waals surface area contributed by atoms with Crippen molar-refractivity contribution in [2.45, 2.75) is 38.6 Å². The predicted octanol–water partition coefficient (Wildman–Crippen LogP) is 4.08. The molecule has 2 aromatic rings. The molecule has 1 aliphatic carbocycles. The third kappa shape index (κ3) is 2.64. The molecule has 1 aromatic carbocycles. The highest BCUT2D eigenvalue weighted by atomic mass is 14.9. The molecule has 2 nitrogen and oxygen atoms in total. The lowest BCUT2D eigenvalue weighted by atomic mass is 9.79. The van der Waals surface area contributed by atoms with E-state index in [9.17, 15) is 0 Å². The summed E-state index contributed by atoms with van der Waals surface area (Å²) in [6, 6.07) is 11.2. The van der Waals surface area contributed by atoms with Crippen molar-refractivity contribution in [1.82, 2.24) is 10.3 Å². The molecule has 0 bridgehead atoms. The van der Waals surface area contributed by atoms with E-state index in [2.05, 4.69) is 41.5 Å². The van der Waals surface area contributed by atoms with E-state index in [1.165, 1.54) is 36.6 Å². The van der Waals surface area contributed by atoms with Crippen LogP contribution >= 0.6 is 0 Å². The van der Waals surface area contributed by atoms with E-state index in [-0.39, 0.29) is 0 Å². The second-order valence-electron chi connectivity index (χ2n) is 5.56. The molecule has 1 aromatic heterocycles. The summed E-state index contributed by atoms with van der Waals surface area (Å²) in [5, 5.41) is 4.96. The van der Waals surface area contributed by atoms with Gasteiger partial charge < -0.3 is 5.32 Å². The first-order valence-electron chi connectivity index (χ1n) is 7.45. The van der Waals surface area contributed by atoms with Gasteiger partial charge in [-0.25, -0.2) is 0 Å². The standard InChI is InChI=1S/C17H22N2/c1-2-18-17(12-13-6-3-7-13)15-8-4-10-16-14(15)9-5-11-19-16/h4-5,8-11,13,17-18H,2-3,6-7,12H2,1H3. The van der Waals surface area contributed by atoms with Gasteiger partial charge in [-0.1, -0.05) is 44.4 Å². The van der Waals surface area contributed by atoms with Crippen molar-refractivity contribution in [1.29, 1.82) is 0 Å². The molecule has 0 radical (unpaired) electrons. The van der Waals surface area contributed by atoms with Gasteiger partial charge in [-0.15, -0.1) is 0 Å². The van der Waals surface area contributed by atoms with Crippen LogP contribution in [0.5, 0.6) is 0 Å². The lowest BCUT2D eigenvalue weighted by molar-refractivity contribution is 0.263. The minimum atomic E-state index is 0.475. The average molecular weight is 254 g/mol. The molecule has 1 saturated carbocycles. The normalized spacial score (nSPS) is 17.3. The Bertz CT molecular complexity index is 540. The summed E-state index contributed by atoms with van der Waals surface area (Å²) < 4.78 is 0. The van der Waals surface area contributed by atoms with E-state index in [4.69, 9.17) is 0 Å². The fourth-order valence-electron chi connectivity index (χ4n) is 3.06. The number of hydrogen-bond donors (Lipinski definition) is 1. The van der Waals surface area contributed by atoms with Gasteiger partial charge in [0.1, 0.15) is 0 Å². The third-order valence-electron chi connectivity index (χ3n) is 4.30. The van der Waals surface area contributed by atoms with E-state index in [1.807, 2.05) is 12.3 Å². The number of fused-ring (bicyclic) bond motifs is 1. The van der Waals surface area contributed by atoms with Crippen LogP contribution in [0.3, 0.4) is 0 Å². The van der Waals surface area contributed by atoms with Crippen LogP contribution in [0.4, 0.5) is 0 Å². The molecule has 19 heavy (non-hydrogen) atoms. The molecule has 3 rings (SSSR count). The van der Waals surface area contributed by atoms with Crippen molar-refractivity contribution in [3.63, 3.8) is 0 Å². The van der Waals surface area contributed by atoms with Crippen LogP contribution in [0.15, 0.2) is 36.5 Å². The molecule has 1 fully saturated rings. The van der Waals surface area contributed by atoms with Gasteiger partial charge in [0.15, 0.2) is 0 Å². The molecular formula is C17H22N2. The van der Waals surface area contributed by atoms with Crippen molar-refractivity contribution in [2.75, 3.05) is 6.54 Å². The largest absolute Gasteiger partial charge is 0.310 e. The molecule has 0 saturated heterocycles. The van der Waals surface area contributed by atoms with Gasteiger partial charge >= 0.3 is 0 Å². The lowest BCUT2D eigenvalue weighted by Gasteiger charge is -2.30. The molecule has 1 aliphatic rings. The monoisotopic (exact) mass is 254 g/mol. The van der Waals surface area contributed by atoms with Crippen LogP contribution in [0, 0.1) is 5.92 Å². The molecular weight excluding hydrogens is 232 g/mol. The lowest BCUT2D eigenvalue weighted by Crippen LogP contribution is -2.26. The minimum absolute atomic E-state index is 0.475. The first-order valence-corrected chi connectivity index (χ1v) is 7.45. The highest BCUT2D eigenvalue weighted by Gasteiger charge is 2.23. The number of hydrogen-bond acceptors (Lipinski definition) is 2. The molecule has 1 N–H and O–H groups in total. The molecule has 0 spiro atoms. The summed E-state index contributed by atoms with van der Waals surface area (Å²) in [5.41, 5.74) is 2.52. The Labute approximate surface area is 115 Å². The zero-order valence-electron chi connectivity index (χ0n) is 11.6. The first kappa shape index (κ1) is 12.6. The van der Waals surface area contributed by atoms with E-state index in [1.54, 1.807) is 0 Å². The smallest absolute Gasteiger partial charge is 0.0705 e. The van der Waals surface area contributed by atoms with Gasteiger partial charge in [-0.05, 0) is 36.6 Å². The Morgan fingerprint density at radius 2 is 2.16 bits per heavy atom. The van der Waals surface area contributed by atoms with E-state index in [0.717, 1.165) is 18.0 Å². The van der Waals surface area contributed by atoms with Crippen molar-refractivity contribution < 1.29 is 0 Å². The highest BCUT2D eigenvalue weighted by Crippen LogP contribution is 2.36. The minimum Gasteiger partial charge on any atom is -0.310 e. The zero-order chi connectivity index (χ0) is 13.1. The maximum absolute atomic E-state index is 4.47.